The van der Waals surface area contributed by atoms with E-state index < -0.39 is 18.1 Å². The Balaban J connectivity index is 1.91. The maximum Gasteiger partial charge on any atom is 0.329 e. The van der Waals surface area contributed by atoms with Gasteiger partial charge in [-0.05, 0) is 50.3 Å². The average molecular weight is 421 g/mol. The number of nitrogens with one attached hydrogen (secondary N) is 2. The summed E-state index contributed by atoms with van der Waals surface area (Å²) in [5.74, 6) is -0.489. The van der Waals surface area contributed by atoms with Crippen molar-refractivity contribution < 1.29 is 19.1 Å². The molecule has 29 heavy (non-hydrogen) atoms. The van der Waals surface area contributed by atoms with Crippen molar-refractivity contribution in [2.24, 2.45) is 0 Å². The van der Waals surface area contributed by atoms with E-state index in [1.165, 1.54) is 12.8 Å². The minimum absolute atomic E-state index is 0.149. The number of esters is 1. The van der Waals surface area contributed by atoms with Gasteiger partial charge in [0.05, 0.1) is 0 Å². The minimum atomic E-state index is -0.892. The highest BCUT2D eigenvalue weighted by molar-refractivity contribution is 7.98. The van der Waals surface area contributed by atoms with Crippen LogP contribution in [0, 0.1) is 0 Å². The van der Waals surface area contributed by atoms with Crippen molar-refractivity contribution >= 4 is 29.5 Å². The van der Waals surface area contributed by atoms with E-state index in [1.807, 2.05) is 12.3 Å². The lowest BCUT2D eigenvalue weighted by Gasteiger charge is -2.22. The number of amides is 2. The molecule has 2 atom stereocenters. The summed E-state index contributed by atoms with van der Waals surface area (Å²) in [6.45, 7) is 1.58. The molecule has 1 aromatic rings. The molecule has 0 unspecified atom stereocenters. The molecule has 0 radical (unpaired) electrons. The fourth-order valence-electron chi connectivity index (χ4n) is 3.37. The fourth-order valence-corrected chi connectivity index (χ4v) is 3.84. The molecule has 2 amide bonds. The van der Waals surface area contributed by atoms with Crippen molar-refractivity contribution in [3.8, 4) is 0 Å². The molecule has 6 nitrogen and oxygen atoms in total. The number of hydrogen-bond acceptors (Lipinski definition) is 5. The predicted octanol–water partition coefficient (Wildman–Crippen LogP) is 3.31. The van der Waals surface area contributed by atoms with Gasteiger partial charge in [-0.2, -0.15) is 11.8 Å². The first-order chi connectivity index (χ1) is 14.0. The Hall–Kier alpha value is -2.02. The summed E-state index contributed by atoms with van der Waals surface area (Å²) in [7, 11) is 0. The fraction of sp³-hybridized carbons (Fsp3) is 0.591. The molecule has 2 rings (SSSR count). The number of carbonyl (C=O) groups is 3. The topological polar surface area (TPSA) is 84.5 Å². The van der Waals surface area contributed by atoms with Gasteiger partial charge < -0.3 is 15.4 Å². The second-order valence-electron chi connectivity index (χ2n) is 7.45. The van der Waals surface area contributed by atoms with Crippen molar-refractivity contribution in [3.63, 3.8) is 0 Å². The van der Waals surface area contributed by atoms with E-state index in [4.69, 9.17) is 4.74 Å². The highest BCUT2D eigenvalue weighted by atomic mass is 32.2. The molecule has 1 aliphatic rings. The van der Waals surface area contributed by atoms with Crippen LogP contribution in [0.2, 0.25) is 0 Å². The second kappa shape index (κ2) is 12.5. The van der Waals surface area contributed by atoms with Crippen molar-refractivity contribution in [1.82, 2.24) is 10.6 Å². The Bertz CT molecular complexity index is 660. The lowest BCUT2D eigenvalue weighted by molar-refractivity contribution is -0.156. The Kier molecular flexibility index (Phi) is 10.0. The molecule has 1 saturated carbocycles. The zero-order chi connectivity index (χ0) is 21.1. The van der Waals surface area contributed by atoms with Crippen LogP contribution >= 0.6 is 11.8 Å². The molecular weight excluding hydrogens is 388 g/mol. The Morgan fingerprint density at radius 3 is 2.38 bits per heavy atom. The van der Waals surface area contributed by atoms with E-state index in [9.17, 15) is 14.4 Å². The van der Waals surface area contributed by atoms with E-state index in [2.05, 4.69) is 10.6 Å². The largest absolute Gasteiger partial charge is 0.451 e. The standard InChI is InChI=1S/C22H32N2O4S/c1-16(20(25)23-18-12-8-3-4-9-13-18)28-22(27)19(14-15-29-2)24-21(26)17-10-6-5-7-11-17/h5-7,10-11,16,18-19H,3-4,8-9,12-15H2,1-2H3,(H,23,25)(H,24,26)/t16-,19-/m1/s1. The first-order valence-electron chi connectivity index (χ1n) is 10.4. The van der Waals surface area contributed by atoms with E-state index in [0.717, 1.165) is 25.7 Å². The van der Waals surface area contributed by atoms with Crippen LogP contribution < -0.4 is 10.6 Å². The molecule has 0 spiro atoms. The summed E-state index contributed by atoms with van der Waals surface area (Å²) in [5.41, 5.74) is 0.480. The minimum Gasteiger partial charge on any atom is -0.451 e. The van der Waals surface area contributed by atoms with E-state index in [0.29, 0.717) is 17.7 Å². The summed E-state index contributed by atoms with van der Waals surface area (Å²) in [4.78, 5) is 37.5. The number of carbonyl (C=O) groups excluding carboxylic acids is 3. The zero-order valence-corrected chi connectivity index (χ0v) is 18.1. The van der Waals surface area contributed by atoms with E-state index in [-0.39, 0.29) is 17.9 Å². The molecule has 1 aromatic carbocycles. The monoisotopic (exact) mass is 420 g/mol. The van der Waals surface area contributed by atoms with E-state index in [1.54, 1.807) is 43.0 Å². The Morgan fingerprint density at radius 2 is 1.76 bits per heavy atom. The molecule has 0 aliphatic heterocycles. The molecule has 160 valence electrons. The third-order valence-electron chi connectivity index (χ3n) is 5.10. The Labute approximate surface area is 177 Å². The van der Waals surface area contributed by atoms with Gasteiger partial charge >= 0.3 is 5.97 Å². The van der Waals surface area contributed by atoms with Crippen LogP contribution in [-0.2, 0) is 14.3 Å². The van der Waals surface area contributed by atoms with Gasteiger partial charge in [0.2, 0.25) is 0 Å². The predicted molar refractivity (Wildman–Crippen MR) is 116 cm³/mol. The number of rotatable bonds is 9. The summed E-state index contributed by atoms with van der Waals surface area (Å²) >= 11 is 1.58. The van der Waals surface area contributed by atoms with Gasteiger partial charge in [0.1, 0.15) is 6.04 Å². The highest BCUT2D eigenvalue weighted by Gasteiger charge is 2.27. The van der Waals surface area contributed by atoms with Gasteiger partial charge in [0.15, 0.2) is 6.10 Å². The van der Waals surface area contributed by atoms with Gasteiger partial charge in [-0.25, -0.2) is 4.79 Å². The summed E-state index contributed by atoms with van der Waals surface area (Å²) in [6, 6.07) is 8.10. The molecule has 7 heteroatoms. The lowest BCUT2D eigenvalue weighted by Crippen LogP contribution is -2.46. The van der Waals surface area contributed by atoms with E-state index >= 15 is 0 Å². The van der Waals surface area contributed by atoms with Crippen LogP contribution in [0.25, 0.3) is 0 Å². The first-order valence-corrected chi connectivity index (χ1v) is 11.8. The Morgan fingerprint density at radius 1 is 1.10 bits per heavy atom. The summed E-state index contributed by atoms with van der Waals surface area (Å²) < 4.78 is 5.41. The quantitative estimate of drug-likeness (QED) is 0.473. The summed E-state index contributed by atoms with van der Waals surface area (Å²) in [5, 5.41) is 5.75. The van der Waals surface area contributed by atoms with Crippen molar-refractivity contribution in [2.75, 3.05) is 12.0 Å². The maximum atomic E-state index is 12.7. The second-order valence-corrected chi connectivity index (χ2v) is 8.44. The average Bonchev–Trinajstić information content (AvgIpc) is 3.00. The third kappa shape index (κ3) is 8.09. The third-order valence-corrected chi connectivity index (χ3v) is 5.74. The van der Waals surface area contributed by atoms with Gasteiger partial charge in [-0.3, -0.25) is 9.59 Å². The smallest absolute Gasteiger partial charge is 0.329 e. The number of ether oxygens (including phenoxy) is 1. The first kappa shape index (κ1) is 23.3. The molecule has 0 heterocycles. The van der Waals surface area contributed by atoms with Crippen LogP contribution in [0.4, 0.5) is 0 Å². The molecular formula is C22H32N2O4S. The molecule has 0 saturated heterocycles. The van der Waals surface area contributed by atoms with Crippen LogP contribution in [-0.4, -0.2) is 48.0 Å². The van der Waals surface area contributed by atoms with Crippen molar-refractivity contribution in [1.29, 1.82) is 0 Å². The number of benzene rings is 1. The molecule has 1 aliphatic carbocycles. The molecule has 0 bridgehead atoms. The zero-order valence-electron chi connectivity index (χ0n) is 17.3. The lowest BCUT2D eigenvalue weighted by atomic mass is 10.1. The molecule has 0 aromatic heterocycles. The normalized spacial score (nSPS) is 16.9. The van der Waals surface area contributed by atoms with Crippen molar-refractivity contribution in [2.45, 2.75) is 70.1 Å². The number of thioether (sulfide) groups is 1. The van der Waals surface area contributed by atoms with Crippen molar-refractivity contribution in [3.05, 3.63) is 35.9 Å². The molecule has 2 N–H and O–H groups in total. The maximum absolute atomic E-state index is 12.7. The van der Waals surface area contributed by atoms with Gasteiger partial charge in [0, 0.05) is 11.6 Å². The SMILES string of the molecule is CSCC[C@@H](NC(=O)c1ccccc1)C(=O)O[C@H](C)C(=O)NC1CCCCCC1. The van der Waals surface area contributed by atoms with Gasteiger partial charge in [-0.1, -0.05) is 43.9 Å². The van der Waals surface area contributed by atoms with Crippen LogP contribution in [0.1, 0.15) is 62.2 Å². The van der Waals surface area contributed by atoms with Crippen LogP contribution in [0.5, 0.6) is 0 Å². The van der Waals surface area contributed by atoms with Gasteiger partial charge in [0.25, 0.3) is 11.8 Å². The van der Waals surface area contributed by atoms with Crippen LogP contribution in [0.3, 0.4) is 0 Å². The number of hydrogen-bond donors (Lipinski definition) is 2. The highest BCUT2D eigenvalue weighted by Crippen LogP contribution is 2.17. The summed E-state index contributed by atoms with van der Waals surface area (Å²) in [6.07, 6.45) is 8.05. The molecule has 1 fully saturated rings. The van der Waals surface area contributed by atoms with Gasteiger partial charge in [-0.15, -0.1) is 0 Å². The van der Waals surface area contributed by atoms with Crippen LogP contribution in [0.15, 0.2) is 30.3 Å².